The SMILES string of the molecule is CCCCC(=O)NCC1(c2ccc(F)cc2F)CC1C. The van der Waals surface area contributed by atoms with Gasteiger partial charge in [-0.1, -0.05) is 26.3 Å². The number of hydrogen-bond donors (Lipinski definition) is 1. The molecule has 0 bridgehead atoms. The zero-order valence-corrected chi connectivity index (χ0v) is 12.0. The van der Waals surface area contributed by atoms with Crippen LogP contribution in [0, 0.1) is 17.6 Å². The second-order valence-corrected chi connectivity index (χ2v) is 5.77. The molecular weight excluding hydrogens is 260 g/mol. The molecule has 0 spiro atoms. The van der Waals surface area contributed by atoms with Crippen molar-refractivity contribution in [1.29, 1.82) is 0 Å². The molecule has 2 rings (SSSR count). The van der Waals surface area contributed by atoms with Gasteiger partial charge in [0.05, 0.1) is 0 Å². The summed E-state index contributed by atoms with van der Waals surface area (Å²) in [6, 6.07) is 3.71. The minimum absolute atomic E-state index is 0.00726. The summed E-state index contributed by atoms with van der Waals surface area (Å²) in [6.45, 7) is 4.49. The third-order valence-corrected chi connectivity index (χ3v) is 4.28. The van der Waals surface area contributed by atoms with Crippen LogP contribution in [-0.4, -0.2) is 12.5 Å². The molecule has 1 amide bonds. The van der Waals surface area contributed by atoms with Crippen LogP contribution in [0.3, 0.4) is 0 Å². The Labute approximate surface area is 118 Å². The van der Waals surface area contributed by atoms with Gasteiger partial charge >= 0.3 is 0 Å². The van der Waals surface area contributed by atoms with Gasteiger partial charge in [0.1, 0.15) is 11.6 Å². The molecule has 0 heterocycles. The molecule has 1 fully saturated rings. The number of hydrogen-bond acceptors (Lipinski definition) is 1. The molecule has 1 N–H and O–H groups in total. The summed E-state index contributed by atoms with van der Waals surface area (Å²) >= 11 is 0. The number of rotatable bonds is 6. The number of carbonyl (C=O) groups excluding carboxylic acids is 1. The lowest BCUT2D eigenvalue weighted by atomic mass is 9.92. The van der Waals surface area contributed by atoms with E-state index in [0.29, 0.717) is 24.4 Å². The summed E-state index contributed by atoms with van der Waals surface area (Å²) < 4.78 is 26.9. The van der Waals surface area contributed by atoms with Crippen LogP contribution >= 0.6 is 0 Å². The van der Waals surface area contributed by atoms with Gasteiger partial charge in [-0.25, -0.2) is 8.78 Å². The predicted octanol–water partition coefficient (Wildman–Crippen LogP) is 3.55. The smallest absolute Gasteiger partial charge is 0.220 e. The highest BCUT2D eigenvalue weighted by molar-refractivity contribution is 5.76. The van der Waals surface area contributed by atoms with Gasteiger partial charge in [0.15, 0.2) is 0 Å². The molecular formula is C16H21F2NO. The van der Waals surface area contributed by atoms with Crippen molar-refractivity contribution < 1.29 is 13.6 Å². The topological polar surface area (TPSA) is 29.1 Å². The molecule has 1 aromatic rings. The summed E-state index contributed by atoms with van der Waals surface area (Å²) in [5.41, 5.74) is 0.154. The summed E-state index contributed by atoms with van der Waals surface area (Å²) in [6.07, 6.45) is 3.16. The first-order valence-electron chi connectivity index (χ1n) is 7.22. The van der Waals surface area contributed by atoms with Gasteiger partial charge in [-0.2, -0.15) is 0 Å². The van der Waals surface area contributed by atoms with E-state index in [1.165, 1.54) is 12.1 Å². The van der Waals surface area contributed by atoms with Crippen molar-refractivity contribution in [3.63, 3.8) is 0 Å². The largest absolute Gasteiger partial charge is 0.355 e. The van der Waals surface area contributed by atoms with E-state index in [-0.39, 0.29) is 11.3 Å². The standard InChI is InChI=1S/C16H21F2NO/c1-3-4-5-15(20)19-10-16(9-11(16)2)13-7-6-12(17)8-14(13)18/h6-8,11H,3-5,9-10H2,1-2H3,(H,19,20). The molecule has 1 aliphatic carbocycles. The quantitative estimate of drug-likeness (QED) is 0.849. The molecule has 0 saturated heterocycles. The van der Waals surface area contributed by atoms with Gasteiger partial charge in [0.2, 0.25) is 5.91 Å². The van der Waals surface area contributed by atoms with Crippen molar-refractivity contribution in [3.05, 3.63) is 35.4 Å². The summed E-state index contributed by atoms with van der Waals surface area (Å²) in [5.74, 6) is -0.777. The minimum atomic E-state index is -0.568. The Morgan fingerprint density at radius 1 is 1.45 bits per heavy atom. The lowest BCUT2D eigenvalue weighted by Gasteiger charge is -2.19. The maximum atomic E-state index is 13.9. The molecule has 110 valence electrons. The highest BCUT2D eigenvalue weighted by Gasteiger charge is 2.53. The first-order chi connectivity index (χ1) is 9.49. The Kier molecular flexibility index (Phi) is 4.41. The second kappa shape index (κ2) is 5.90. The van der Waals surface area contributed by atoms with E-state index in [4.69, 9.17) is 0 Å². The van der Waals surface area contributed by atoms with Crippen molar-refractivity contribution >= 4 is 5.91 Å². The fourth-order valence-corrected chi connectivity index (χ4v) is 2.78. The first-order valence-corrected chi connectivity index (χ1v) is 7.22. The number of amides is 1. The van der Waals surface area contributed by atoms with E-state index in [1.54, 1.807) is 0 Å². The lowest BCUT2D eigenvalue weighted by Crippen LogP contribution is -2.33. The normalized spacial score (nSPS) is 24.5. The van der Waals surface area contributed by atoms with Gasteiger partial charge in [0.25, 0.3) is 0 Å². The summed E-state index contributed by atoms with van der Waals surface area (Å²) in [7, 11) is 0. The molecule has 0 radical (unpaired) electrons. The predicted molar refractivity (Wildman–Crippen MR) is 74.4 cm³/mol. The van der Waals surface area contributed by atoms with E-state index in [2.05, 4.69) is 5.32 Å². The van der Waals surface area contributed by atoms with Crippen LogP contribution < -0.4 is 5.32 Å². The Morgan fingerprint density at radius 3 is 2.70 bits per heavy atom. The molecule has 2 atom stereocenters. The zero-order valence-electron chi connectivity index (χ0n) is 12.0. The third kappa shape index (κ3) is 3.00. The first kappa shape index (κ1) is 14.9. The third-order valence-electron chi connectivity index (χ3n) is 4.28. The fourth-order valence-electron chi connectivity index (χ4n) is 2.78. The number of nitrogens with one attached hydrogen (secondary N) is 1. The van der Waals surface area contributed by atoms with Crippen molar-refractivity contribution in [2.75, 3.05) is 6.54 Å². The molecule has 0 aromatic heterocycles. The fraction of sp³-hybridized carbons (Fsp3) is 0.562. The Bertz CT molecular complexity index is 503. The Hall–Kier alpha value is -1.45. The van der Waals surface area contributed by atoms with Crippen LogP contribution in [0.4, 0.5) is 8.78 Å². The van der Waals surface area contributed by atoms with E-state index in [1.807, 2.05) is 13.8 Å². The maximum absolute atomic E-state index is 13.9. The molecule has 1 aliphatic rings. The highest BCUT2D eigenvalue weighted by atomic mass is 19.1. The van der Waals surface area contributed by atoms with E-state index >= 15 is 0 Å². The summed E-state index contributed by atoms with van der Waals surface area (Å²) in [4.78, 5) is 11.7. The summed E-state index contributed by atoms with van der Waals surface area (Å²) in [5, 5.41) is 2.89. The molecule has 2 nitrogen and oxygen atoms in total. The molecule has 4 heteroatoms. The Balaban J connectivity index is 2.05. The number of carbonyl (C=O) groups is 1. The van der Waals surface area contributed by atoms with Crippen molar-refractivity contribution in [3.8, 4) is 0 Å². The van der Waals surface area contributed by atoms with Gasteiger partial charge in [-0.15, -0.1) is 0 Å². The van der Waals surface area contributed by atoms with Gasteiger partial charge in [-0.05, 0) is 30.4 Å². The number of halogens is 2. The minimum Gasteiger partial charge on any atom is -0.355 e. The second-order valence-electron chi connectivity index (χ2n) is 5.77. The van der Waals surface area contributed by atoms with Crippen molar-refractivity contribution in [2.24, 2.45) is 5.92 Å². The van der Waals surface area contributed by atoms with E-state index in [9.17, 15) is 13.6 Å². The molecule has 20 heavy (non-hydrogen) atoms. The Morgan fingerprint density at radius 2 is 2.15 bits per heavy atom. The molecule has 1 aromatic carbocycles. The van der Waals surface area contributed by atoms with E-state index < -0.39 is 11.6 Å². The average molecular weight is 281 g/mol. The van der Waals surface area contributed by atoms with Crippen molar-refractivity contribution in [1.82, 2.24) is 5.32 Å². The van der Waals surface area contributed by atoms with Crippen LogP contribution in [0.25, 0.3) is 0 Å². The van der Waals surface area contributed by atoms with Crippen LogP contribution in [0.15, 0.2) is 18.2 Å². The monoisotopic (exact) mass is 281 g/mol. The van der Waals surface area contributed by atoms with Crippen LogP contribution in [0.5, 0.6) is 0 Å². The average Bonchev–Trinajstić information content (AvgIpc) is 3.05. The lowest BCUT2D eigenvalue weighted by molar-refractivity contribution is -0.121. The van der Waals surface area contributed by atoms with E-state index in [0.717, 1.165) is 25.3 Å². The number of unbranched alkanes of at least 4 members (excludes halogenated alkanes) is 1. The van der Waals surface area contributed by atoms with Crippen LogP contribution in [0.2, 0.25) is 0 Å². The molecule has 1 saturated carbocycles. The van der Waals surface area contributed by atoms with Gasteiger partial charge in [0, 0.05) is 24.4 Å². The maximum Gasteiger partial charge on any atom is 0.220 e. The highest BCUT2D eigenvalue weighted by Crippen LogP contribution is 2.54. The number of benzene rings is 1. The van der Waals surface area contributed by atoms with Crippen LogP contribution in [-0.2, 0) is 10.2 Å². The van der Waals surface area contributed by atoms with Crippen molar-refractivity contribution in [2.45, 2.75) is 44.9 Å². The zero-order chi connectivity index (χ0) is 14.8. The van der Waals surface area contributed by atoms with Gasteiger partial charge in [-0.3, -0.25) is 4.79 Å². The van der Waals surface area contributed by atoms with Gasteiger partial charge < -0.3 is 5.32 Å². The van der Waals surface area contributed by atoms with Crippen LogP contribution in [0.1, 0.15) is 45.1 Å². The molecule has 2 unspecified atom stereocenters. The molecule has 0 aliphatic heterocycles.